The Morgan fingerprint density at radius 2 is 1.80 bits per heavy atom. The molecule has 2 unspecified atom stereocenters. The summed E-state index contributed by atoms with van der Waals surface area (Å²) in [5.74, 6) is 1.31. The van der Waals surface area contributed by atoms with Crippen LogP contribution in [0.5, 0.6) is 11.5 Å². The summed E-state index contributed by atoms with van der Waals surface area (Å²) in [6, 6.07) is 13.7. The first-order valence-electron chi connectivity index (χ1n) is 14.8. The van der Waals surface area contributed by atoms with Crippen molar-refractivity contribution in [3.05, 3.63) is 59.6 Å². The highest BCUT2D eigenvalue weighted by molar-refractivity contribution is 5.99. The number of fused-ring (bicyclic) bond motifs is 1. The van der Waals surface area contributed by atoms with Crippen LogP contribution in [0.15, 0.2) is 46.9 Å². The second kappa shape index (κ2) is 13.6. The topological polar surface area (TPSA) is 72.7 Å². The van der Waals surface area contributed by atoms with E-state index in [1.165, 1.54) is 12.1 Å². The molecule has 2 N–H and O–H groups in total. The summed E-state index contributed by atoms with van der Waals surface area (Å²) >= 11 is 0. The van der Waals surface area contributed by atoms with Crippen molar-refractivity contribution in [3.63, 3.8) is 0 Å². The van der Waals surface area contributed by atoms with Gasteiger partial charge in [0.05, 0.1) is 0 Å². The van der Waals surface area contributed by atoms with Gasteiger partial charge in [0.2, 0.25) is 5.78 Å². The molecule has 218 valence electrons. The van der Waals surface area contributed by atoms with E-state index in [9.17, 15) is 9.18 Å². The molecule has 0 radical (unpaired) electrons. The number of ketones is 1. The molecule has 1 saturated carbocycles. The molecule has 4 rings (SSSR count). The highest BCUT2D eigenvalue weighted by atomic mass is 19.1. The minimum absolute atomic E-state index is 0.0157. The van der Waals surface area contributed by atoms with Crippen LogP contribution in [0.4, 0.5) is 4.39 Å². The zero-order chi connectivity index (χ0) is 28.8. The summed E-state index contributed by atoms with van der Waals surface area (Å²) in [6.45, 7) is 13.0. The molecular formula is C33H45FN2O4. The third-order valence-corrected chi connectivity index (χ3v) is 7.61. The Labute approximate surface area is 238 Å². The number of aryl methyl sites for hydroxylation is 1. The van der Waals surface area contributed by atoms with E-state index in [0.717, 1.165) is 48.8 Å². The molecule has 0 bridgehead atoms. The number of benzene rings is 2. The van der Waals surface area contributed by atoms with E-state index in [1.54, 1.807) is 0 Å². The lowest BCUT2D eigenvalue weighted by Crippen LogP contribution is -2.49. The molecule has 3 atom stereocenters. The summed E-state index contributed by atoms with van der Waals surface area (Å²) in [6.07, 6.45) is 4.44. The van der Waals surface area contributed by atoms with Crippen molar-refractivity contribution in [2.75, 3.05) is 6.54 Å². The van der Waals surface area contributed by atoms with Gasteiger partial charge in [0, 0.05) is 48.1 Å². The Kier molecular flexibility index (Phi) is 10.3. The van der Waals surface area contributed by atoms with E-state index in [-0.39, 0.29) is 35.8 Å². The number of nitrogens with one attached hydrogen (secondary N) is 2. The van der Waals surface area contributed by atoms with Gasteiger partial charge >= 0.3 is 0 Å². The highest BCUT2D eigenvalue weighted by Crippen LogP contribution is 2.30. The molecule has 1 heterocycles. The molecule has 6 nitrogen and oxygen atoms in total. The zero-order valence-corrected chi connectivity index (χ0v) is 24.8. The predicted octanol–water partition coefficient (Wildman–Crippen LogP) is 7.09. The number of hydrogen-bond acceptors (Lipinski definition) is 6. The van der Waals surface area contributed by atoms with Crippen LogP contribution in [0.1, 0.15) is 83.3 Å². The SMILES string of the molecule is CCc1cc(F)cc(O[C@H](C)CNC(C)CCC(C)C(=O)c2cc3ccc(OC4CC(NC(C)C)C4)cc3o2)c1. The second-order valence-corrected chi connectivity index (χ2v) is 11.8. The number of furan rings is 1. The lowest BCUT2D eigenvalue weighted by molar-refractivity contribution is 0.0815. The number of Topliss-reactive ketones (excluding diaryl/α,β-unsaturated/α-hetero) is 1. The Morgan fingerprint density at radius 1 is 1.02 bits per heavy atom. The van der Waals surface area contributed by atoms with Crippen molar-refractivity contribution >= 4 is 16.8 Å². The summed E-state index contributed by atoms with van der Waals surface area (Å²) in [4.78, 5) is 13.1. The van der Waals surface area contributed by atoms with E-state index in [1.807, 2.05) is 51.1 Å². The van der Waals surface area contributed by atoms with E-state index < -0.39 is 0 Å². The smallest absolute Gasteiger partial charge is 0.200 e. The molecule has 7 heteroatoms. The quantitative estimate of drug-likeness (QED) is 0.196. The van der Waals surface area contributed by atoms with Gasteiger partial charge in [-0.25, -0.2) is 4.39 Å². The third-order valence-electron chi connectivity index (χ3n) is 7.61. The van der Waals surface area contributed by atoms with Crippen molar-refractivity contribution in [2.24, 2.45) is 5.92 Å². The molecule has 1 aromatic heterocycles. The number of ether oxygens (including phenoxy) is 2. The molecule has 1 aliphatic carbocycles. The Morgan fingerprint density at radius 3 is 2.52 bits per heavy atom. The molecule has 1 aliphatic rings. The molecule has 1 fully saturated rings. The fraction of sp³-hybridized carbons (Fsp3) is 0.545. The first kappa shape index (κ1) is 30.1. The van der Waals surface area contributed by atoms with Crippen LogP contribution in [-0.4, -0.2) is 42.7 Å². The van der Waals surface area contributed by atoms with E-state index >= 15 is 0 Å². The zero-order valence-electron chi connectivity index (χ0n) is 24.8. The van der Waals surface area contributed by atoms with Crippen LogP contribution in [0.25, 0.3) is 11.0 Å². The van der Waals surface area contributed by atoms with Crippen LogP contribution >= 0.6 is 0 Å². The van der Waals surface area contributed by atoms with Crippen LogP contribution < -0.4 is 20.1 Å². The molecule has 0 saturated heterocycles. The van der Waals surface area contributed by atoms with Crippen LogP contribution in [0, 0.1) is 11.7 Å². The van der Waals surface area contributed by atoms with E-state index in [4.69, 9.17) is 13.9 Å². The Balaban J connectivity index is 1.21. The first-order valence-corrected chi connectivity index (χ1v) is 14.8. The maximum atomic E-state index is 13.8. The number of carbonyl (C=O) groups is 1. The largest absolute Gasteiger partial charge is 0.490 e. The summed E-state index contributed by atoms with van der Waals surface area (Å²) in [5.41, 5.74) is 1.60. The van der Waals surface area contributed by atoms with Gasteiger partial charge in [0.1, 0.15) is 35.1 Å². The summed E-state index contributed by atoms with van der Waals surface area (Å²) in [7, 11) is 0. The monoisotopic (exact) mass is 552 g/mol. The third kappa shape index (κ3) is 8.31. The van der Waals surface area contributed by atoms with Crippen LogP contribution in [0.2, 0.25) is 0 Å². The number of rotatable bonds is 15. The minimum Gasteiger partial charge on any atom is -0.490 e. The predicted molar refractivity (Wildman–Crippen MR) is 158 cm³/mol. The maximum Gasteiger partial charge on any atom is 0.200 e. The van der Waals surface area contributed by atoms with Crippen molar-refractivity contribution < 1.29 is 23.1 Å². The van der Waals surface area contributed by atoms with Gasteiger partial charge in [-0.3, -0.25) is 4.79 Å². The standard InChI is InChI=1S/C33H45FN2O4/c1-7-24-12-26(34)15-29(13-24)38-23(6)19-35-22(5)9-8-21(4)33(37)32-14-25-10-11-28(18-31(25)40-32)39-30-16-27(17-30)36-20(2)3/h10-15,18,20-23,27,30,35-36H,7-9,16-17,19H2,1-6H3/t21?,22?,23-,27?,30?/m1/s1. The van der Waals surface area contributed by atoms with Gasteiger partial charge in [-0.2, -0.15) is 0 Å². The lowest BCUT2D eigenvalue weighted by atomic mass is 9.88. The molecule has 3 aromatic rings. The van der Waals surface area contributed by atoms with E-state index in [0.29, 0.717) is 35.7 Å². The number of halogens is 1. The van der Waals surface area contributed by atoms with Gasteiger partial charge < -0.3 is 24.5 Å². The van der Waals surface area contributed by atoms with Crippen molar-refractivity contribution in [2.45, 2.75) is 104 Å². The first-order chi connectivity index (χ1) is 19.1. The Bertz CT molecular complexity index is 1270. The normalized spacial score (nSPS) is 19.3. The van der Waals surface area contributed by atoms with Crippen molar-refractivity contribution in [3.8, 4) is 11.5 Å². The fourth-order valence-corrected chi connectivity index (χ4v) is 5.18. The molecule has 0 aliphatic heterocycles. The highest BCUT2D eigenvalue weighted by Gasteiger charge is 2.31. The van der Waals surface area contributed by atoms with Crippen LogP contribution in [-0.2, 0) is 6.42 Å². The summed E-state index contributed by atoms with van der Waals surface area (Å²) in [5, 5.41) is 7.92. The Hall–Kier alpha value is -2.90. The number of hydrogen-bond donors (Lipinski definition) is 2. The maximum absolute atomic E-state index is 13.8. The van der Waals surface area contributed by atoms with Gasteiger partial charge in [-0.15, -0.1) is 0 Å². The molecular weight excluding hydrogens is 507 g/mol. The fourth-order valence-electron chi connectivity index (χ4n) is 5.18. The second-order valence-electron chi connectivity index (χ2n) is 11.8. The molecule has 2 aromatic carbocycles. The van der Waals surface area contributed by atoms with Crippen molar-refractivity contribution in [1.82, 2.24) is 10.6 Å². The van der Waals surface area contributed by atoms with Gasteiger partial charge in [0.15, 0.2) is 5.76 Å². The molecule has 0 spiro atoms. The van der Waals surface area contributed by atoms with Crippen LogP contribution in [0.3, 0.4) is 0 Å². The minimum atomic E-state index is -0.276. The average Bonchev–Trinajstić information content (AvgIpc) is 3.31. The molecule has 0 amide bonds. The van der Waals surface area contributed by atoms with Crippen molar-refractivity contribution in [1.29, 1.82) is 0 Å². The number of carbonyl (C=O) groups excluding carboxylic acids is 1. The van der Waals surface area contributed by atoms with Gasteiger partial charge in [0.25, 0.3) is 0 Å². The average molecular weight is 553 g/mol. The summed E-state index contributed by atoms with van der Waals surface area (Å²) < 4.78 is 31.8. The lowest BCUT2D eigenvalue weighted by Gasteiger charge is -2.37. The molecule has 40 heavy (non-hydrogen) atoms. The van der Waals surface area contributed by atoms with E-state index in [2.05, 4.69) is 31.4 Å². The van der Waals surface area contributed by atoms with Gasteiger partial charge in [-0.1, -0.05) is 27.7 Å². The van der Waals surface area contributed by atoms with Gasteiger partial charge in [-0.05, 0) is 81.8 Å².